The number of ether oxygens (including phenoxy) is 2. The molecule has 2 N–H and O–H groups in total. The van der Waals surface area contributed by atoms with Crippen molar-refractivity contribution < 1.29 is 28.9 Å². The minimum atomic E-state index is -1.42. The van der Waals surface area contributed by atoms with Crippen LogP contribution in [0.3, 0.4) is 0 Å². The fourth-order valence-corrected chi connectivity index (χ4v) is 3.99. The van der Waals surface area contributed by atoms with E-state index in [0.717, 1.165) is 28.1 Å². The topological polar surface area (TPSA) is 105 Å². The van der Waals surface area contributed by atoms with Gasteiger partial charge < -0.3 is 24.1 Å². The highest BCUT2D eigenvalue weighted by atomic mass is 16.6. The van der Waals surface area contributed by atoms with E-state index in [9.17, 15) is 15.0 Å². The zero-order chi connectivity index (χ0) is 27.1. The predicted molar refractivity (Wildman–Crippen MR) is 143 cm³/mol. The zero-order valence-electron chi connectivity index (χ0n) is 21.7. The third kappa shape index (κ3) is 7.21. The summed E-state index contributed by atoms with van der Waals surface area (Å²) in [5, 5.41) is 19.9. The van der Waals surface area contributed by atoms with Gasteiger partial charge in [0.15, 0.2) is 0 Å². The lowest BCUT2D eigenvalue weighted by Crippen LogP contribution is -2.42. The van der Waals surface area contributed by atoms with Crippen molar-refractivity contribution in [1.82, 2.24) is 9.88 Å². The molecule has 0 aliphatic carbocycles. The summed E-state index contributed by atoms with van der Waals surface area (Å²) in [6, 6.07) is 24.3. The average molecular weight is 517 g/mol. The second-order valence-corrected chi connectivity index (χ2v) is 9.24. The van der Waals surface area contributed by atoms with E-state index in [4.69, 9.17) is 13.9 Å². The van der Waals surface area contributed by atoms with Gasteiger partial charge in [0, 0.05) is 18.0 Å². The largest absolute Gasteiger partial charge is 0.493 e. The van der Waals surface area contributed by atoms with Gasteiger partial charge in [-0.2, -0.15) is 0 Å². The molecule has 0 saturated heterocycles. The third-order valence-electron chi connectivity index (χ3n) is 6.04. The van der Waals surface area contributed by atoms with Gasteiger partial charge in [-0.05, 0) is 55.8 Å². The maximum Gasteiger partial charge on any atom is 0.317 e. The monoisotopic (exact) mass is 516 g/mol. The minimum Gasteiger partial charge on any atom is -0.493 e. The maximum atomic E-state index is 11.4. The Balaban J connectivity index is 1.35. The van der Waals surface area contributed by atoms with Crippen molar-refractivity contribution in [3.63, 3.8) is 0 Å². The number of carboxylic acids is 1. The number of oxazole rings is 1. The highest BCUT2D eigenvalue weighted by Crippen LogP contribution is 2.27. The summed E-state index contributed by atoms with van der Waals surface area (Å²) >= 11 is 0. The van der Waals surface area contributed by atoms with Crippen LogP contribution >= 0.6 is 0 Å². The highest BCUT2D eigenvalue weighted by molar-refractivity contribution is 5.69. The van der Waals surface area contributed by atoms with Gasteiger partial charge in [-0.3, -0.25) is 4.79 Å². The van der Waals surface area contributed by atoms with Crippen LogP contribution in [-0.4, -0.2) is 45.6 Å². The molecule has 0 spiro atoms. The Hall–Kier alpha value is -4.14. The molecule has 0 aliphatic rings. The molecule has 38 heavy (non-hydrogen) atoms. The van der Waals surface area contributed by atoms with Crippen LogP contribution in [0.1, 0.15) is 35.4 Å². The molecule has 0 saturated carbocycles. The van der Waals surface area contributed by atoms with Gasteiger partial charge in [-0.1, -0.05) is 55.0 Å². The number of carbonyl (C=O) groups is 1. The lowest BCUT2D eigenvalue weighted by atomic mass is 10.1. The molecule has 198 valence electrons. The highest BCUT2D eigenvalue weighted by Gasteiger charge is 2.21. The summed E-state index contributed by atoms with van der Waals surface area (Å²) in [7, 11) is 0. The molecule has 4 rings (SSSR count). The number of benzene rings is 3. The van der Waals surface area contributed by atoms with Gasteiger partial charge in [-0.25, -0.2) is 9.88 Å². The number of aryl methyl sites for hydroxylation is 2. The first kappa shape index (κ1) is 26.9. The predicted octanol–water partition coefficient (Wildman–Crippen LogP) is 5.38. The van der Waals surface area contributed by atoms with Gasteiger partial charge in [0.05, 0.1) is 12.3 Å². The number of aliphatic hydroxyl groups excluding tert-OH is 1. The quantitative estimate of drug-likeness (QED) is 0.242. The summed E-state index contributed by atoms with van der Waals surface area (Å²) in [5.41, 5.74) is 3.64. The second-order valence-electron chi connectivity index (χ2n) is 9.24. The molecule has 1 aromatic heterocycles. The van der Waals surface area contributed by atoms with Crippen molar-refractivity contribution in [2.45, 2.75) is 39.6 Å². The molecule has 0 fully saturated rings. The Labute approximate surface area is 222 Å². The van der Waals surface area contributed by atoms with Crippen molar-refractivity contribution in [3.05, 3.63) is 101 Å². The Bertz CT molecular complexity index is 1320. The second kappa shape index (κ2) is 12.4. The number of rotatable bonds is 12. The number of hydrogen-bond donors (Lipinski definition) is 2. The van der Waals surface area contributed by atoms with Crippen molar-refractivity contribution >= 4 is 5.97 Å². The Morgan fingerprint density at radius 1 is 0.974 bits per heavy atom. The van der Waals surface area contributed by atoms with Crippen LogP contribution in [0.25, 0.3) is 11.5 Å². The number of aliphatic hydroxyl groups is 1. The number of aromatic nitrogens is 1. The first-order chi connectivity index (χ1) is 18.3. The Morgan fingerprint density at radius 3 is 2.29 bits per heavy atom. The van der Waals surface area contributed by atoms with E-state index in [-0.39, 0.29) is 19.0 Å². The van der Waals surface area contributed by atoms with Crippen LogP contribution in [0.4, 0.5) is 0 Å². The molecule has 4 aromatic rings. The van der Waals surface area contributed by atoms with E-state index in [1.165, 1.54) is 4.90 Å². The number of aliphatic carboxylic acids is 1. The average Bonchev–Trinajstić information content (AvgIpc) is 3.31. The van der Waals surface area contributed by atoms with Crippen molar-refractivity contribution in [2.24, 2.45) is 0 Å². The molecule has 0 radical (unpaired) electrons. The number of nitrogens with zero attached hydrogens (tertiary/aromatic N) is 2. The van der Waals surface area contributed by atoms with Gasteiger partial charge in [0.1, 0.15) is 23.8 Å². The summed E-state index contributed by atoms with van der Waals surface area (Å²) in [6.45, 7) is 6.09. The van der Waals surface area contributed by atoms with Crippen LogP contribution in [0.5, 0.6) is 11.5 Å². The van der Waals surface area contributed by atoms with Crippen molar-refractivity contribution in [3.8, 4) is 23.0 Å². The normalized spacial score (nSPS) is 12.8. The first-order valence-electron chi connectivity index (χ1n) is 12.4. The van der Waals surface area contributed by atoms with Gasteiger partial charge in [0.2, 0.25) is 5.89 Å². The van der Waals surface area contributed by atoms with Crippen LogP contribution in [0.15, 0.2) is 83.3 Å². The smallest absolute Gasteiger partial charge is 0.317 e. The molecule has 2 atom stereocenters. The summed E-state index contributed by atoms with van der Waals surface area (Å²) in [6.07, 6.45) is -1.42. The summed E-state index contributed by atoms with van der Waals surface area (Å²) in [4.78, 5) is 17.4. The first-order valence-corrected chi connectivity index (χ1v) is 12.4. The van der Waals surface area contributed by atoms with Gasteiger partial charge in [-0.15, -0.1) is 0 Å². The van der Waals surface area contributed by atoms with E-state index in [0.29, 0.717) is 24.0 Å². The molecule has 0 bridgehead atoms. The van der Waals surface area contributed by atoms with E-state index >= 15 is 0 Å². The van der Waals surface area contributed by atoms with E-state index in [1.807, 2.05) is 87.5 Å². The van der Waals surface area contributed by atoms with Crippen molar-refractivity contribution in [2.75, 3.05) is 13.2 Å². The molecule has 8 heteroatoms. The molecule has 3 aromatic carbocycles. The van der Waals surface area contributed by atoms with E-state index in [2.05, 4.69) is 4.98 Å². The van der Waals surface area contributed by atoms with Gasteiger partial charge in [0.25, 0.3) is 6.41 Å². The van der Waals surface area contributed by atoms with Gasteiger partial charge >= 0.3 is 5.97 Å². The Kier molecular flexibility index (Phi) is 8.78. The lowest BCUT2D eigenvalue weighted by Gasteiger charge is -2.26. The lowest BCUT2D eigenvalue weighted by molar-refractivity contribution is -0.161. The third-order valence-corrected chi connectivity index (χ3v) is 6.04. The summed E-state index contributed by atoms with van der Waals surface area (Å²) < 4.78 is 17.4. The van der Waals surface area contributed by atoms with E-state index < -0.39 is 12.4 Å². The minimum absolute atomic E-state index is 0.0102. The standard InChI is InChI=1S/C30H32N2O6/c1-20-9-13-26(14-10-20)38-30(35)32(18-27(33)34)17-23-11-15-25(16-12-23)36-19-21(2)28-22(3)37-29(31-28)24-7-5-4-6-8-24/h4-16,21,30,35H,17-19H2,1-3H3,(H,33,34). The van der Waals surface area contributed by atoms with Crippen LogP contribution < -0.4 is 9.47 Å². The maximum absolute atomic E-state index is 11.4. The molecule has 0 amide bonds. The van der Waals surface area contributed by atoms with Crippen molar-refractivity contribution in [1.29, 1.82) is 0 Å². The van der Waals surface area contributed by atoms with Crippen LogP contribution in [0, 0.1) is 13.8 Å². The van der Waals surface area contributed by atoms with E-state index in [1.54, 1.807) is 12.1 Å². The molecule has 0 aliphatic heterocycles. The molecular formula is C30H32N2O6. The molecule has 2 unspecified atom stereocenters. The fraction of sp³-hybridized carbons (Fsp3) is 0.267. The summed E-state index contributed by atoms with van der Waals surface area (Å²) in [5.74, 6) is 1.43. The van der Waals surface area contributed by atoms with Crippen LogP contribution in [0.2, 0.25) is 0 Å². The zero-order valence-corrected chi connectivity index (χ0v) is 21.7. The number of hydrogen-bond acceptors (Lipinski definition) is 7. The molecular weight excluding hydrogens is 484 g/mol. The molecule has 8 nitrogen and oxygen atoms in total. The number of carboxylic acid groups (broad SMARTS) is 1. The SMILES string of the molecule is Cc1ccc(OC(O)N(CC(=O)O)Cc2ccc(OCC(C)c3nc(-c4ccccc4)oc3C)cc2)cc1. The molecule has 1 heterocycles. The fourth-order valence-electron chi connectivity index (χ4n) is 3.99. The Morgan fingerprint density at radius 2 is 1.63 bits per heavy atom. The van der Waals surface area contributed by atoms with Crippen LogP contribution in [-0.2, 0) is 11.3 Å².